The molecule has 19 heavy (non-hydrogen) atoms. The molecule has 1 heterocycles. The number of ether oxygens (including phenoxy) is 1. The molecule has 1 unspecified atom stereocenters. The van der Waals surface area contributed by atoms with E-state index in [9.17, 15) is 4.79 Å². The molecule has 1 aromatic heterocycles. The number of hydrogen-bond acceptors (Lipinski definition) is 5. The van der Waals surface area contributed by atoms with E-state index in [1.54, 1.807) is 12.4 Å². The molecule has 2 N–H and O–H groups in total. The highest BCUT2D eigenvalue weighted by Gasteiger charge is 2.22. The molecule has 0 bridgehead atoms. The summed E-state index contributed by atoms with van der Waals surface area (Å²) in [5.74, 6) is -0.123. The molecule has 0 aromatic carbocycles. The molecule has 1 aromatic rings. The van der Waals surface area contributed by atoms with Gasteiger partial charge in [-0.05, 0) is 18.4 Å². The molecule has 5 nitrogen and oxygen atoms in total. The van der Waals surface area contributed by atoms with Crippen molar-refractivity contribution in [3.8, 4) is 0 Å². The summed E-state index contributed by atoms with van der Waals surface area (Å²) in [6.45, 7) is 6.95. The lowest BCUT2D eigenvalue weighted by Gasteiger charge is -2.21. The third-order valence-corrected chi connectivity index (χ3v) is 2.76. The summed E-state index contributed by atoms with van der Waals surface area (Å²) in [5.41, 5.74) is 1.75. The van der Waals surface area contributed by atoms with Crippen LogP contribution in [0.4, 0.5) is 11.4 Å². The molecule has 106 valence electrons. The highest BCUT2D eigenvalue weighted by Crippen LogP contribution is 2.17. The number of methoxy groups -OCH3 is 1. The Morgan fingerprint density at radius 3 is 2.63 bits per heavy atom. The highest BCUT2D eigenvalue weighted by atomic mass is 16.5. The van der Waals surface area contributed by atoms with Crippen LogP contribution in [0.5, 0.6) is 0 Å². The molecule has 0 saturated carbocycles. The molecule has 0 aliphatic heterocycles. The number of nitrogens with zero attached hydrogens (tertiary/aromatic N) is 1. The van der Waals surface area contributed by atoms with E-state index in [1.807, 2.05) is 19.9 Å². The summed E-state index contributed by atoms with van der Waals surface area (Å²) in [6, 6.07) is 1.58. The first kappa shape index (κ1) is 15.3. The van der Waals surface area contributed by atoms with Crippen molar-refractivity contribution in [2.45, 2.75) is 33.2 Å². The summed E-state index contributed by atoms with van der Waals surface area (Å²) < 4.78 is 4.80. The van der Waals surface area contributed by atoms with Gasteiger partial charge < -0.3 is 15.4 Å². The first-order valence-corrected chi connectivity index (χ1v) is 6.61. The van der Waals surface area contributed by atoms with E-state index in [0.29, 0.717) is 0 Å². The lowest BCUT2D eigenvalue weighted by atomic mass is 10.0. The van der Waals surface area contributed by atoms with E-state index < -0.39 is 0 Å². The molecule has 0 amide bonds. The van der Waals surface area contributed by atoms with Crippen molar-refractivity contribution in [1.82, 2.24) is 4.98 Å². The number of esters is 1. The Hall–Kier alpha value is -1.78. The maximum atomic E-state index is 11.7. The summed E-state index contributed by atoms with van der Waals surface area (Å²) in [7, 11) is 1.40. The normalized spacial score (nSPS) is 12.1. The van der Waals surface area contributed by atoms with Crippen LogP contribution in [0.1, 0.15) is 27.2 Å². The standard InChI is InChI=1S/C14H23N3O2/c1-5-6-16-11-7-12(9-15-8-11)17-13(10(2)3)14(18)19-4/h7-10,13,16-17H,5-6H2,1-4H3. The number of hydrogen-bond donors (Lipinski definition) is 2. The lowest BCUT2D eigenvalue weighted by molar-refractivity contribution is -0.142. The Labute approximate surface area is 114 Å². The summed E-state index contributed by atoms with van der Waals surface area (Å²) in [4.78, 5) is 15.9. The lowest BCUT2D eigenvalue weighted by Crippen LogP contribution is -2.35. The van der Waals surface area contributed by atoms with Crippen LogP contribution in [-0.4, -0.2) is 30.6 Å². The Balaban J connectivity index is 2.76. The van der Waals surface area contributed by atoms with Gasteiger partial charge in [0.1, 0.15) is 6.04 Å². The van der Waals surface area contributed by atoms with E-state index in [0.717, 1.165) is 24.3 Å². The van der Waals surface area contributed by atoms with Gasteiger partial charge >= 0.3 is 5.97 Å². The van der Waals surface area contributed by atoms with Crippen molar-refractivity contribution in [3.63, 3.8) is 0 Å². The van der Waals surface area contributed by atoms with Gasteiger partial charge in [-0.2, -0.15) is 0 Å². The molecule has 5 heteroatoms. The first-order chi connectivity index (χ1) is 9.08. The van der Waals surface area contributed by atoms with E-state index in [2.05, 4.69) is 22.5 Å². The third kappa shape index (κ3) is 4.77. The maximum absolute atomic E-state index is 11.7. The van der Waals surface area contributed by atoms with Gasteiger partial charge in [-0.3, -0.25) is 4.98 Å². The molecule has 0 radical (unpaired) electrons. The van der Waals surface area contributed by atoms with Crippen LogP contribution in [0.15, 0.2) is 18.5 Å². The average Bonchev–Trinajstić information content (AvgIpc) is 2.42. The molecule has 0 fully saturated rings. The van der Waals surface area contributed by atoms with Crippen LogP contribution < -0.4 is 10.6 Å². The second-order valence-electron chi connectivity index (χ2n) is 4.78. The fourth-order valence-corrected chi connectivity index (χ4v) is 1.69. The predicted molar refractivity (Wildman–Crippen MR) is 77.3 cm³/mol. The zero-order valence-electron chi connectivity index (χ0n) is 12.1. The smallest absolute Gasteiger partial charge is 0.328 e. The number of carbonyl (C=O) groups excluding carboxylic acids is 1. The second-order valence-corrected chi connectivity index (χ2v) is 4.78. The van der Waals surface area contributed by atoms with Crippen LogP contribution in [0, 0.1) is 5.92 Å². The van der Waals surface area contributed by atoms with E-state index in [1.165, 1.54) is 7.11 Å². The number of aromatic nitrogens is 1. The van der Waals surface area contributed by atoms with Gasteiger partial charge in [-0.1, -0.05) is 20.8 Å². The third-order valence-electron chi connectivity index (χ3n) is 2.76. The largest absolute Gasteiger partial charge is 0.467 e. The Morgan fingerprint density at radius 2 is 2.05 bits per heavy atom. The van der Waals surface area contributed by atoms with Gasteiger partial charge in [0, 0.05) is 6.54 Å². The van der Waals surface area contributed by atoms with Gasteiger partial charge in [-0.15, -0.1) is 0 Å². The van der Waals surface area contributed by atoms with E-state index in [4.69, 9.17) is 4.74 Å². The van der Waals surface area contributed by atoms with Crippen molar-refractivity contribution >= 4 is 17.3 Å². The van der Waals surface area contributed by atoms with Crippen molar-refractivity contribution in [1.29, 1.82) is 0 Å². The van der Waals surface area contributed by atoms with Crippen molar-refractivity contribution in [3.05, 3.63) is 18.5 Å². The molecular formula is C14H23N3O2. The molecule has 0 saturated heterocycles. The Morgan fingerprint density at radius 1 is 1.37 bits per heavy atom. The SMILES string of the molecule is CCCNc1cncc(NC(C(=O)OC)C(C)C)c1. The zero-order chi connectivity index (χ0) is 14.3. The van der Waals surface area contributed by atoms with Crippen LogP contribution in [0.3, 0.4) is 0 Å². The number of nitrogens with one attached hydrogen (secondary N) is 2. The summed E-state index contributed by atoms with van der Waals surface area (Å²) >= 11 is 0. The minimum Gasteiger partial charge on any atom is -0.467 e. The minimum atomic E-state index is -0.367. The van der Waals surface area contributed by atoms with Crippen LogP contribution in [0.25, 0.3) is 0 Å². The molecule has 0 aliphatic rings. The number of pyridine rings is 1. The van der Waals surface area contributed by atoms with Gasteiger partial charge in [0.25, 0.3) is 0 Å². The van der Waals surface area contributed by atoms with Crippen LogP contribution in [0.2, 0.25) is 0 Å². The average molecular weight is 265 g/mol. The maximum Gasteiger partial charge on any atom is 0.328 e. The second kappa shape index (κ2) is 7.61. The van der Waals surface area contributed by atoms with Gasteiger partial charge in [0.15, 0.2) is 0 Å². The summed E-state index contributed by atoms with van der Waals surface area (Å²) in [6.07, 6.45) is 4.52. The molecule has 0 aliphatic carbocycles. The minimum absolute atomic E-state index is 0.139. The topological polar surface area (TPSA) is 63.2 Å². The predicted octanol–water partition coefficient (Wildman–Crippen LogP) is 2.51. The van der Waals surface area contributed by atoms with Crippen LogP contribution in [-0.2, 0) is 9.53 Å². The van der Waals surface area contributed by atoms with Crippen molar-refractivity contribution in [2.75, 3.05) is 24.3 Å². The Kier molecular flexibility index (Phi) is 6.12. The van der Waals surface area contributed by atoms with E-state index >= 15 is 0 Å². The van der Waals surface area contributed by atoms with Crippen LogP contribution >= 0.6 is 0 Å². The monoisotopic (exact) mass is 265 g/mol. The van der Waals surface area contributed by atoms with E-state index in [-0.39, 0.29) is 17.9 Å². The number of rotatable bonds is 7. The molecular weight excluding hydrogens is 242 g/mol. The zero-order valence-corrected chi connectivity index (χ0v) is 12.1. The number of anilines is 2. The molecule has 1 atom stereocenters. The number of carbonyl (C=O) groups is 1. The molecule has 0 spiro atoms. The van der Waals surface area contributed by atoms with Crippen molar-refractivity contribution in [2.24, 2.45) is 5.92 Å². The highest BCUT2D eigenvalue weighted by molar-refractivity contribution is 5.79. The first-order valence-electron chi connectivity index (χ1n) is 6.61. The van der Waals surface area contributed by atoms with Gasteiger partial charge in [-0.25, -0.2) is 4.79 Å². The fraction of sp³-hybridized carbons (Fsp3) is 0.571. The van der Waals surface area contributed by atoms with Gasteiger partial charge in [0.2, 0.25) is 0 Å². The molecule has 1 rings (SSSR count). The summed E-state index contributed by atoms with van der Waals surface area (Å²) in [5, 5.41) is 6.43. The quantitative estimate of drug-likeness (QED) is 0.742. The fourth-order valence-electron chi connectivity index (χ4n) is 1.69. The van der Waals surface area contributed by atoms with Crippen molar-refractivity contribution < 1.29 is 9.53 Å². The van der Waals surface area contributed by atoms with Gasteiger partial charge in [0.05, 0.1) is 30.9 Å². The Bertz CT molecular complexity index is 407.